The summed E-state index contributed by atoms with van der Waals surface area (Å²) in [5, 5.41) is 4.92. The average molecular weight is 271 g/mol. The van der Waals surface area contributed by atoms with Gasteiger partial charge in [0, 0.05) is 0 Å². The van der Waals surface area contributed by atoms with Crippen LogP contribution < -0.4 is 9.88 Å². The smallest absolute Gasteiger partial charge is 0.209 e. The molecule has 0 radical (unpaired) electrons. The second-order valence-electron chi connectivity index (χ2n) is 4.47. The molecule has 0 saturated carbocycles. The molecule has 0 aliphatic carbocycles. The van der Waals surface area contributed by atoms with Gasteiger partial charge in [0.15, 0.2) is 0 Å². The summed E-state index contributed by atoms with van der Waals surface area (Å²) < 4.78 is 27.1. The molecule has 0 bridgehead atoms. The molecule has 5 heteroatoms. The van der Waals surface area contributed by atoms with E-state index in [1.54, 1.807) is 0 Å². The molecule has 0 spiro atoms. The zero-order chi connectivity index (χ0) is 13.6. The Morgan fingerprint density at radius 1 is 1.17 bits per heavy atom. The number of benzene rings is 1. The standard InChI is InChI=1S/C13H21NO3S/c1-11-7-6-8-13(12(11)2)17-9-4-3-5-10-18(14,15)16/h6-8H,3-5,9-10H2,1-2H3,(H2,14,15,16). The molecule has 1 rings (SSSR count). The van der Waals surface area contributed by atoms with Crippen molar-refractivity contribution in [1.29, 1.82) is 0 Å². The minimum Gasteiger partial charge on any atom is -0.493 e. The molecule has 0 atom stereocenters. The van der Waals surface area contributed by atoms with Crippen molar-refractivity contribution < 1.29 is 13.2 Å². The van der Waals surface area contributed by atoms with Gasteiger partial charge in [-0.15, -0.1) is 0 Å². The lowest BCUT2D eigenvalue weighted by molar-refractivity contribution is 0.304. The number of aryl methyl sites for hydroxylation is 1. The second kappa shape index (κ2) is 6.75. The number of unbranched alkanes of at least 4 members (excludes halogenated alkanes) is 2. The number of rotatable bonds is 7. The molecule has 0 heterocycles. The van der Waals surface area contributed by atoms with Gasteiger partial charge in [0.2, 0.25) is 10.0 Å². The molecule has 0 aromatic heterocycles. The van der Waals surface area contributed by atoms with Crippen molar-refractivity contribution in [2.24, 2.45) is 5.14 Å². The first-order valence-corrected chi connectivity index (χ1v) is 7.81. The fourth-order valence-corrected chi connectivity index (χ4v) is 2.25. The largest absolute Gasteiger partial charge is 0.493 e. The van der Waals surface area contributed by atoms with Crippen LogP contribution in [0.25, 0.3) is 0 Å². The first-order valence-electron chi connectivity index (χ1n) is 6.09. The van der Waals surface area contributed by atoms with Crippen molar-refractivity contribution in [1.82, 2.24) is 0 Å². The predicted octanol–water partition coefficient (Wildman–Crippen LogP) is 2.14. The maximum atomic E-state index is 10.7. The van der Waals surface area contributed by atoms with Crippen LogP contribution in [0.2, 0.25) is 0 Å². The van der Waals surface area contributed by atoms with Crippen molar-refractivity contribution in [3.63, 3.8) is 0 Å². The third kappa shape index (κ3) is 5.51. The van der Waals surface area contributed by atoms with E-state index >= 15 is 0 Å². The van der Waals surface area contributed by atoms with Gasteiger partial charge in [-0.3, -0.25) is 0 Å². The zero-order valence-electron chi connectivity index (χ0n) is 11.0. The summed E-state index contributed by atoms with van der Waals surface area (Å²) in [6.45, 7) is 4.69. The molecule has 1 aromatic rings. The Bertz CT molecular complexity index is 483. The van der Waals surface area contributed by atoms with Gasteiger partial charge in [-0.1, -0.05) is 12.1 Å². The molecule has 0 saturated heterocycles. The zero-order valence-corrected chi connectivity index (χ0v) is 11.8. The van der Waals surface area contributed by atoms with Gasteiger partial charge in [-0.25, -0.2) is 13.6 Å². The highest BCUT2D eigenvalue weighted by molar-refractivity contribution is 7.89. The minimum atomic E-state index is -3.32. The van der Waals surface area contributed by atoms with Gasteiger partial charge < -0.3 is 4.74 Å². The van der Waals surface area contributed by atoms with Crippen LogP contribution in [-0.2, 0) is 10.0 Å². The molecule has 0 unspecified atom stereocenters. The Kier molecular flexibility index (Phi) is 5.62. The van der Waals surface area contributed by atoms with Crippen molar-refractivity contribution in [3.8, 4) is 5.75 Å². The second-order valence-corrected chi connectivity index (χ2v) is 6.21. The molecular weight excluding hydrogens is 250 g/mol. The van der Waals surface area contributed by atoms with Crippen LogP contribution >= 0.6 is 0 Å². The number of primary sulfonamides is 1. The Balaban J connectivity index is 2.24. The molecule has 1 aromatic carbocycles. The van der Waals surface area contributed by atoms with E-state index in [-0.39, 0.29) is 5.75 Å². The van der Waals surface area contributed by atoms with Gasteiger partial charge in [0.1, 0.15) is 5.75 Å². The first-order chi connectivity index (χ1) is 8.40. The van der Waals surface area contributed by atoms with Crippen LogP contribution in [0.1, 0.15) is 30.4 Å². The molecule has 102 valence electrons. The topological polar surface area (TPSA) is 69.4 Å². The van der Waals surface area contributed by atoms with E-state index in [4.69, 9.17) is 9.88 Å². The molecule has 2 N–H and O–H groups in total. The summed E-state index contributed by atoms with van der Waals surface area (Å²) in [5.41, 5.74) is 2.36. The van der Waals surface area contributed by atoms with E-state index in [1.165, 1.54) is 5.56 Å². The normalized spacial score (nSPS) is 11.5. The molecule has 4 nitrogen and oxygen atoms in total. The SMILES string of the molecule is Cc1cccc(OCCCCCS(N)(=O)=O)c1C. The lowest BCUT2D eigenvalue weighted by Crippen LogP contribution is -2.16. The summed E-state index contributed by atoms with van der Waals surface area (Å²) in [6, 6.07) is 5.97. The van der Waals surface area contributed by atoms with E-state index in [2.05, 4.69) is 0 Å². The Morgan fingerprint density at radius 3 is 2.56 bits per heavy atom. The molecule has 0 aliphatic rings. The number of nitrogens with two attached hydrogens (primary N) is 1. The summed E-state index contributed by atoms with van der Waals surface area (Å²) in [5.74, 6) is 0.956. The van der Waals surface area contributed by atoms with Crippen molar-refractivity contribution in [2.45, 2.75) is 33.1 Å². The summed E-state index contributed by atoms with van der Waals surface area (Å²) in [6.07, 6.45) is 2.24. The Hall–Kier alpha value is -1.07. The van der Waals surface area contributed by atoms with Crippen molar-refractivity contribution >= 4 is 10.0 Å². The monoisotopic (exact) mass is 271 g/mol. The maximum absolute atomic E-state index is 10.7. The van der Waals surface area contributed by atoms with E-state index in [0.29, 0.717) is 13.0 Å². The molecule has 0 aliphatic heterocycles. The highest BCUT2D eigenvalue weighted by Gasteiger charge is 2.03. The number of ether oxygens (including phenoxy) is 1. The third-order valence-electron chi connectivity index (χ3n) is 2.89. The van der Waals surface area contributed by atoms with Gasteiger partial charge in [-0.2, -0.15) is 0 Å². The first kappa shape index (κ1) is 15.0. The van der Waals surface area contributed by atoms with E-state index in [0.717, 1.165) is 24.2 Å². The van der Waals surface area contributed by atoms with Crippen molar-refractivity contribution in [2.75, 3.05) is 12.4 Å². The fraction of sp³-hybridized carbons (Fsp3) is 0.538. The predicted molar refractivity (Wildman–Crippen MR) is 73.2 cm³/mol. The lowest BCUT2D eigenvalue weighted by Gasteiger charge is -2.10. The van der Waals surface area contributed by atoms with E-state index in [9.17, 15) is 8.42 Å². The van der Waals surface area contributed by atoms with Gasteiger partial charge >= 0.3 is 0 Å². The summed E-state index contributed by atoms with van der Waals surface area (Å²) in [4.78, 5) is 0. The van der Waals surface area contributed by atoms with Crippen molar-refractivity contribution in [3.05, 3.63) is 29.3 Å². The molecule has 0 amide bonds. The van der Waals surface area contributed by atoms with E-state index in [1.807, 2.05) is 32.0 Å². The molecule has 18 heavy (non-hydrogen) atoms. The molecule has 0 fully saturated rings. The van der Waals surface area contributed by atoms with Crippen LogP contribution in [-0.4, -0.2) is 20.8 Å². The van der Waals surface area contributed by atoms with Crippen LogP contribution in [0.15, 0.2) is 18.2 Å². The van der Waals surface area contributed by atoms with Gasteiger partial charge in [0.25, 0.3) is 0 Å². The minimum absolute atomic E-state index is 0.0521. The highest BCUT2D eigenvalue weighted by atomic mass is 32.2. The number of hydrogen-bond acceptors (Lipinski definition) is 3. The van der Waals surface area contributed by atoms with Gasteiger partial charge in [-0.05, 0) is 50.3 Å². The Morgan fingerprint density at radius 2 is 1.89 bits per heavy atom. The number of sulfonamides is 1. The quantitative estimate of drug-likeness (QED) is 0.772. The average Bonchev–Trinajstić information content (AvgIpc) is 2.27. The van der Waals surface area contributed by atoms with E-state index < -0.39 is 10.0 Å². The number of hydrogen-bond donors (Lipinski definition) is 1. The van der Waals surface area contributed by atoms with Crippen LogP contribution in [0.3, 0.4) is 0 Å². The molecular formula is C13H21NO3S. The summed E-state index contributed by atoms with van der Waals surface area (Å²) in [7, 11) is -3.32. The van der Waals surface area contributed by atoms with Crippen LogP contribution in [0.5, 0.6) is 5.75 Å². The Labute approximate surface area is 109 Å². The van der Waals surface area contributed by atoms with Crippen LogP contribution in [0.4, 0.5) is 0 Å². The summed E-state index contributed by atoms with van der Waals surface area (Å²) >= 11 is 0. The third-order valence-corrected chi connectivity index (χ3v) is 3.74. The lowest BCUT2D eigenvalue weighted by atomic mass is 10.1. The highest BCUT2D eigenvalue weighted by Crippen LogP contribution is 2.20. The fourth-order valence-electron chi connectivity index (χ4n) is 1.64. The maximum Gasteiger partial charge on any atom is 0.209 e. The van der Waals surface area contributed by atoms with Crippen LogP contribution in [0, 0.1) is 13.8 Å². The van der Waals surface area contributed by atoms with Gasteiger partial charge in [0.05, 0.1) is 12.4 Å².